The van der Waals surface area contributed by atoms with Crippen LogP contribution < -0.4 is 10.1 Å². The Morgan fingerprint density at radius 1 is 1.17 bits per heavy atom. The number of rotatable bonds is 6. The highest BCUT2D eigenvalue weighted by atomic mass is 16.5. The summed E-state index contributed by atoms with van der Waals surface area (Å²) in [6, 6.07) is 9.51. The van der Waals surface area contributed by atoms with Crippen LogP contribution in [0.1, 0.15) is 29.6 Å². The number of H-pyrrole nitrogens is 1. The van der Waals surface area contributed by atoms with Gasteiger partial charge in [0.2, 0.25) is 5.89 Å². The summed E-state index contributed by atoms with van der Waals surface area (Å²) in [7, 11) is 1.63. The Bertz CT molecular complexity index is 1090. The van der Waals surface area contributed by atoms with Crippen molar-refractivity contribution in [1.29, 1.82) is 0 Å². The van der Waals surface area contributed by atoms with E-state index < -0.39 is 0 Å². The van der Waals surface area contributed by atoms with Gasteiger partial charge in [0.05, 0.1) is 19.2 Å². The maximum atomic E-state index is 5.59. The van der Waals surface area contributed by atoms with Crippen LogP contribution in [0.2, 0.25) is 0 Å². The van der Waals surface area contributed by atoms with Crippen LogP contribution in [-0.2, 0) is 6.42 Å². The number of benzene rings is 1. The van der Waals surface area contributed by atoms with Crippen LogP contribution in [0.25, 0.3) is 23.0 Å². The molecule has 148 valence electrons. The first-order valence-electron chi connectivity index (χ1n) is 9.46. The van der Waals surface area contributed by atoms with Gasteiger partial charge < -0.3 is 19.0 Å². The van der Waals surface area contributed by atoms with E-state index in [-0.39, 0.29) is 0 Å². The first-order chi connectivity index (χ1) is 14.3. The molecule has 0 spiro atoms. The molecule has 29 heavy (non-hydrogen) atoms. The molecule has 9 nitrogen and oxygen atoms in total. The fraction of sp³-hybridized carbons (Fsp3) is 0.300. The van der Waals surface area contributed by atoms with Crippen molar-refractivity contribution in [2.75, 3.05) is 20.2 Å². The average molecular weight is 392 g/mol. The molecule has 0 amide bonds. The van der Waals surface area contributed by atoms with E-state index in [1.54, 1.807) is 13.4 Å². The van der Waals surface area contributed by atoms with Crippen molar-refractivity contribution in [2.24, 2.45) is 0 Å². The highest BCUT2D eigenvalue weighted by Gasteiger charge is 2.21. The number of hydrogen-bond acceptors (Lipinski definition) is 8. The molecule has 4 aromatic rings. The Balaban J connectivity index is 1.28. The molecular formula is C20H20N6O3. The van der Waals surface area contributed by atoms with Crippen LogP contribution in [0.15, 0.2) is 45.5 Å². The molecule has 4 heterocycles. The van der Waals surface area contributed by atoms with Gasteiger partial charge in [0.25, 0.3) is 5.89 Å². The molecule has 1 aromatic carbocycles. The summed E-state index contributed by atoms with van der Waals surface area (Å²) in [5, 5.41) is 14.8. The fourth-order valence-electron chi connectivity index (χ4n) is 3.42. The van der Waals surface area contributed by atoms with Crippen LogP contribution in [0, 0.1) is 0 Å². The Labute approximate surface area is 166 Å². The topological polar surface area (TPSA) is 115 Å². The highest BCUT2D eigenvalue weighted by molar-refractivity contribution is 5.54. The van der Waals surface area contributed by atoms with Crippen molar-refractivity contribution < 1.29 is 13.7 Å². The normalized spacial score (nSPS) is 16.4. The van der Waals surface area contributed by atoms with Crippen LogP contribution >= 0.6 is 0 Å². The lowest BCUT2D eigenvalue weighted by Gasteiger charge is -2.02. The van der Waals surface area contributed by atoms with Crippen LogP contribution in [0.4, 0.5) is 0 Å². The Hall–Kier alpha value is -3.46. The van der Waals surface area contributed by atoms with Gasteiger partial charge in [-0.2, -0.15) is 10.1 Å². The van der Waals surface area contributed by atoms with Crippen molar-refractivity contribution in [3.8, 4) is 28.8 Å². The summed E-state index contributed by atoms with van der Waals surface area (Å²) in [6.45, 7) is 1.99. The molecule has 1 aliphatic rings. The Morgan fingerprint density at radius 2 is 2.07 bits per heavy atom. The van der Waals surface area contributed by atoms with Crippen molar-refractivity contribution >= 4 is 0 Å². The average Bonchev–Trinajstić information content (AvgIpc) is 3.55. The molecule has 5 rings (SSSR count). The van der Waals surface area contributed by atoms with Crippen LogP contribution in [0.3, 0.4) is 0 Å². The SMILES string of the molecule is COc1ccc(-c2nc(Cc3noc(-c4cc(C5CCNC5)[nH]n4)n3)co2)cc1. The molecule has 3 aromatic heterocycles. The predicted molar refractivity (Wildman–Crippen MR) is 103 cm³/mol. The number of methoxy groups -OCH3 is 1. The number of aromatic amines is 1. The lowest BCUT2D eigenvalue weighted by atomic mass is 10.1. The largest absolute Gasteiger partial charge is 0.497 e. The lowest BCUT2D eigenvalue weighted by Crippen LogP contribution is -2.08. The molecule has 1 saturated heterocycles. The fourth-order valence-corrected chi connectivity index (χ4v) is 3.42. The number of hydrogen-bond donors (Lipinski definition) is 2. The predicted octanol–water partition coefficient (Wildman–Crippen LogP) is 2.79. The summed E-state index contributed by atoms with van der Waals surface area (Å²) >= 11 is 0. The molecule has 1 fully saturated rings. The molecule has 1 aliphatic heterocycles. The molecule has 2 N–H and O–H groups in total. The second-order valence-corrected chi connectivity index (χ2v) is 6.96. The first-order valence-corrected chi connectivity index (χ1v) is 9.46. The highest BCUT2D eigenvalue weighted by Crippen LogP contribution is 2.25. The van der Waals surface area contributed by atoms with Crippen LogP contribution in [-0.4, -0.2) is 45.5 Å². The third kappa shape index (κ3) is 3.64. The molecule has 0 aliphatic carbocycles. The van der Waals surface area contributed by atoms with E-state index in [1.165, 1.54) is 0 Å². The number of nitrogens with zero attached hydrogens (tertiary/aromatic N) is 4. The number of ether oxygens (including phenoxy) is 1. The summed E-state index contributed by atoms with van der Waals surface area (Å²) in [6.07, 6.45) is 3.11. The van der Waals surface area contributed by atoms with Gasteiger partial charge in [-0.05, 0) is 43.3 Å². The van der Waals surface area contributed by atoms with E-state index in [0.29, 0.717) is 35.6 Å². The Morgan fingerprint density at radius 3 is 2.86 bits per heavy atom. The zero-order chi connectivity index (χ0) is 19.6. The molecular weight excluding hydrogens is 372 g/mol. The van der Waals surface area contributed by atoms with Gasteiger partial charge in [0.1, 0.15) is 12.0 Å². The van der Waals surface area contributed by atoms with E-state index in [4.69, 9.17) is 13.7 Å². The minimum absolute atomic E-state index is 0.396. The van der Waals surface area contributed by atoms with Gasteiger partial charge in [-0.1, -0.05) is 5.16 Å². The molecule has 0 saturated carbocycles. The monoisotopic (exact) mass is 392 g/mol. The maximum absolute atomic E-state index is 5.59. The zero-order valence-corrected chi connectivity index (χ0v) is 15.9. The van der Waals surface area contributed by atoms with E-state index in [9.17, 15) is 0 Å². The van der Waals surface area contributed by atoms with Crippen molar-refractivity contribution in [2.45, 2.75) is 18.8 Å². The Kier molecular flexibility index (Phi) is 4.57. The molecule has 9 heteroatoms. The van der Waals surface area contributed by atoms with Crippen molar-refractivity contribution in [3.63, 3.8) is 0 Å². The van der Waals surface area contributed by atoms with E-state index in [0.717, 1.165) is 42.2 Å². The van der Waals surface area contributed by atoms with Gasteiger partial charge in [0, 0.05) is 23.7 Å². The summed E-state index contributed by atoms with van der Waals surface area (Å²) in [4.78, 5) is 8.96. The minimum Gasteiger partial charge on any atom is -0.497 e. The second kappa shape index (κ2) is 7.51. The summed E-state index contributed by atoms with van der Waals surface area (Å²) < 4.78 is 16.1. The van der Waals surface area contributed by atoms with E-state index in [2.05, 4.69) is 30.6 Å². The van der Waals surface area contributed by atoms with Gasteiger partial charge in [-0.3, -0.25) is 5.10 Å². The van der Waals surface area contributed by atoms with Crippen molar-refractivity contribution in [3.05, 3.63) is 53.8 Å². The molecule has 1 atom stereocenters. The third-order valence-corrected chi connectivity index (χ3v) is 5.01. The lowest BCUT2D eigenvalue weighted by molar-refractivity contribution is 0.415. The quantitative estimate of drug-likeness (QED) is 0.515. The maximum Gasteiger partial charge on any atom is 0.278 e. The number of nitrogens with one attached hydrogen (secondary N) is 2. The standard InChI is InChI=1S/C20H20N6O3/c1-27-15-4-2-12(3-5-15)19-22-14(11-28-19)8-18-23-20(29-26-18)17-9-16(24-25-17)13-6-7-21-10-13/h2-5,9,11,13,21H,6-8,10H2,1H3,(H,24,25). The minimum atomic E-state index is 0.396. The molecule has 1 unspecified atom stereocenters. The first kappa shape index (κ1) is 17.6. The third-order valence-electron chi connectivity index (χ3n) is 5.01. The zero-order valence-electron chi connectivity index (χ0n) is 15.9. The van der Waals surface area contributed by atoms with Gasteiger partial charge >= 0.3 is 0 Å². The van der Waals surface area contributed by atoms with Gasteiger partial charge in [0.15, 0.2) is 11.5 Å². The number of aromatic nitrogens is 5. The number of oxazole rings is 1. The summed E-state index contributed by atoms with van der Waals surface area (Å²) in [5.74, 6) is 2.69. The second-order valence-electron chi connectivity index (χ2n) is 6.96. The summed E-state index contributed by atoms with van der Waals surface area (Å²) in [5.41, 5.74) is 3.34. The molecule has 0 bridgehead atoms. The van der Waals surface area contributed by atoms with Gasteiger partial charge in [-0.25, -0.2) is 4.98 Å². The van der Waals surface area contributed by atoms with Crippen molar-refractivity contribution in [1.82, 2.24) is 30.6 Å². The molecule has 0 radical (unpaired) electrons. The van der Waals surface area contributed by atoms with Crippen LogP contribution in [0.5, 0.6) is 5.75 Å². The van der Waals surface area contributed by atoms with E-state index in [1.807, 2.05) is 30.3 Å². The smallest absolute Gasteiger partial charge is 0.278 e. The van der Waals surface area contributed by atoms with Gasteiger partial charge in [-0.15, -0.1) is 0 Å². The van der Waals surface area contributed by atoms with E-state index >= 15 is 0 Å².